The number of ketones is 1. The van der Waals surface area contributed by atoms with Crippen LogP contribution in [0.25, 0.3) is 0 Å². The Morgan fingerprint density at radius 1 is 1.25 bits per heavy atom. The van der Waals surface area contributed by atoms with Crippen molar-refractivity contribution < 1.29 is 23.4 Å². The first-order valence-corrected chi connectivity index (χ1v) is 6.42. The number of methoxy groups -OCH3 is 1. The number of hydrogen-bond donors (Lipinski definition) is 0. The van der Waals surface area contributed by atoms with Crippen molar-refractivity contribution in [1.82, 2.24) is 0 Å². The van der Waals surface area contributed by atoms with Gasteiger partial charge in [0, 0.05) is 5.56 Å². The highest BCUT2D eigenvalue weighted by Crippen LogP contribution is 2.18. The maximum Gasteiger partial charge on any atom is 0.188 e. The molecule has 0 aromatic heterocycles. The maximum absolute atomic E-state index is 13.4. The molecule has 1 aromatic rings. The maximum atomic E-state index is 13.4. The lowest BCUT2D eigenvalue weighted by atomic mass is 10.1. The zero-order valence-corrected chi connectivity index (χ0v) is 12.4. The topological polar surface area (TPSA) is 44.8 Å². The van der Waals surface area contributed by atoms with E-state index in [-0.39, 0.29) is 29.3 Å². The Morgan fingerprint density at radius 2 is 1.95 bits per heavy atom. The van der Waals surface area contributed by atoms with Crippen LogP contribution in [0.1, 0.15) is 31.1 Å². The first-order valence-electron chi connectivity index (χ1n) is 6.42. The summed E-state index contributed by atoms with van der Waals surface area (Å²) < 4.78 is 28.9. The molecule has 0 spiro atoms. The summed E-state index contributed by atoms with van der Waals surface area (Å²) in [5, 5.41) is 0. The van der Waals surface area contributed by atoms with Crippen molar-refractivity contribution in [2.45, 2.75) is 26.4 Å². The van der Waals surface area contributed by atoms with Crippen LogP contribution >= 0.6 is 0 Å². The quantitative estimate of drug-likeness (QED) is 0.570. The number of carbonyl (C=O) groups is 1. The van der Waals surface area contributed by atoms with E-state index in [1.165, 1.54) is 19.2 Å². The van der Waals surface area contributed by atoms with Gasteiger partial charge in [-0.3, -0.25) is 4.79 Å². The molecule has 0 aliphatic heterocycles. The lowest BCUT2D eigenvalue weighted by molar-refractivity contribution is -0.0324. The molecule has 0 saturated heterocycles. The van der Waals surface area contributed by atoms with Crippen LogP contribution in [0.2, 0.25) is 0 Å². The molecule has 0 unspecified atom stereocenters. The van der Waals surface area contributed by atoms with Crippen LogP contribution < -0.4 is 4.74 Å². The molecule has 0 bridgehead atoms. The van der Waals surface area contributed by atoms with Crippen molar-refractivity contribution >= 4 is 5.78 Å². The zero-order valence-electron chi connectivity index (χ0n) is 12.4. The predicted molar refractivity (Wildman–Crippen MR) is 73.8 cm³/mol. The van der Waals surface area contributed by atoms with Crippen molar-refractivity contribution in [1.29, 1.82) is 0 Å². The second-order valence-electron chi connectivity index (χ2n) is 5.29. The number of benzene rings is 1. The van der Waals surface area contributed by atoms with E-state index < -0.39 is 5.82 Å². The van der Waals surface area contributed by atoms with Gasteiger partial charge in [-0.25, -0.2) is 4.39 Å². The van der Waals surface area contributed by atoms with E-state index in [2.05, 4.69) is 0 Å². The van der Waals surface area contributed by atoms with E-state index in [1.54, 1.807) is 0 Å². The van der Waals surface area contributed by atoms with E-state index in [0.717, 1.165) is 6.07 Å². The van der Waals surface area contributed by atoms with Gasteiger partial charge in [-0.05, 0) is 39.0 Å². The van der Waals surface area contributed by atoms with Crippen LogP contribution in [-0.4, -0.2) is 38.3 Å². The van der Waals surface area contributed by atoms with Gasteiger partial charge in [0.05, 0.1) is 25.9 Å². The normalized spacial score (nSPS) is 11.4. The smallest absolute Gasteiger partial charge is 0.188 e. The van der Waals surface area contributed by atoms with Gasteiger partial charge in [0.15, 0.2) is 17.3 Å². The molecule has 0 saturated carbocycles. The van der Waals surface area contributed by atoms with Crippen molar-refractivity contribution in [3.63, 3.8) is 0 Å². The van der Waals surface area contributed by atoms with Crippen LogP contribution in [0.15, 0.2) is 18.2 Å². The van der Waals surface area contributed by atoms with Gasteiger partial charge in [0.25, 0.3) is 0 Å². The fourth-order valence-electron chi connectivity index (χ4n) is 1.49. The summed E-state index contributed by atoms with van der Waals surface area (Å²) in [5.41, 5.74) is 0.0342. The molecule has 0 atom stereocenters. The standard InChI is InChI=1S/C15H21FO4/c1-15(2,3)20-8-7-19-10-13(17)11-5-6-14(18-4)12(16)9-11/h5-6,9H,7-8,10H2,1-4H3. The molecule has 0 heterocycles. The van der Waals surface area contributed by atoms with Crippen molar-refractivity contribution in [2.75, 3.05) is 26.9 Å². The first kappa shape index (κ1) is 16.6. The third-order valence-corrected chi connectivity index (χ3v) is 2.47. The van der Waals surface area contributed by atoms with Gasteiger partial charge in [0.1, 0.15) is 6.61 Å². The minimum absolute atomic E-state index is 0.0979. The molecule has 1 rings (SSSR count). The summed E-state index contributed by atoms with van der Waals surface area (Å²) in [7, 11) is 1.37. The van der Waals surface area contributed by atoms with E-state index in [1.807, 2.05) is 20.8 Å². The second kappa shape index (κ2) is 7.36. The molecule has 20 heavy (non-hydrogen) atoms. The Labute approximate surface area is 118 Å². The van der Waals surface area contributed by atoms with Crippen molar-refractivity contribution in [3.05, 3.63) is 29.6 Å². The average molecular weight is 284 g/mol. The van der Waals surface area contributed by atoms with E-state index in [4.69, 9.17) is 14.2 Å². The summed E-state index contributed by atoms with van der Waals surface area (Å²) in [4.78, 5) is 11.8. The Bertz CT molecular complexity index is 452. The number of carbonyl (C=O) groups excluding carboxylic acids is 1. The molecule has 112 valence electrons. The molecule has 0 fully saturated rings. The molecular weight excluding hydrogens is 263 g/mol. The zero-order chi connectivity index (χ0) is 15.2. The second-order valence-corrected chi connectivity index (χ2v) is 5.29. The lowest BCUT2D eigenvalue weighted by Gasteiger charge is -2.19. The highest BCUT2D eigenvalue weighted by atomic mass is 19.1. The SMILES string of the molecule is COc1ccc(C(=O)COCCOC(C)(C)C)cc1F. The molecule has 0 aliphatic carbocycles. The number of halogens is 1. The van der Waals surface area contributed by atoms with Gasteiger partial charge >= 0.3 is 0 Å². The number of Topliss-reactive ketones (excluding diaryl/α,β-unsaturated/α-hetero) is 1. The molecular formula is C15H21FO4. The molecule has 1 aromatic carbocycles. The Balaban J connectivity index is 2.38. The molecule has 0 amide bonds. The fourth-order valence-corrected chi connectivity index (χ4v) is 1.49. The highest BCUT2D eigenvalue weighted by molar-refractivity contribution is 5.97. The third kappa shape index (κ3) is 5.67. The van der Waals surface area contributed by atoms with Crippen molar-refractivity contribution in [3.8, 4) is 5.75 Å². The average Bonchev–Trinajstić information content (AvgIpc) is 2.36. The van der Waals surface area contributed by atoms with Gasteiger partial charge < -0.3 is 14.2 Å². The highest BCUT2D eigenvalue weighted by Gasteiger charge is 2.12. The third-order valence-electron chi connectivity index (χ3n) is 2.47. The molecule has 5 heteroatoms. The monoisotopic (exact) mass is 284 g/mol. The van der Waals surface area contributed by atoms with Crippen LogP contribution in [0.5, 0.6) is 5.75 Å². The largest absolute Gasteiger partial charge is 0.494 e. The first-order chi connectivity index (χ1) is 9.33. The number of ether oxygens (including phenoxy) is 3. The Kier molecular flexibility index (Phi) is 6.10. The fraction of sp³-hybridized carbons (Fsp3) is 0.533. The number of rotatable bonds is 7. The predicted octanol–water partition coefficient (Wildman–Crippen LogP) is 2.85. The minimum Gasteiger partial charge on any atom is -0.494 e. The Morgan fingerprint density at radius 3 is 2.50 bits per heavy atom. The minimum atomic E-state index is -0.561. The summed E-state index contributed by atoms with van der Waals surface area (Å²) >= 11 is 0. The van der Waals surface area contributed by atoms with Crippen LogP contribution in [0, 0.1) is 5.82 Å². The van der Waals surface area contributed by atoms with E-state index >= 15 is 0 Å². The van der Waals surface area contributed by atoms with E-state index in [9.17, 15) is 9.18 Å². The van der Waals surface area contributed by atoms with Gasteiger partial charge in [0.2, 0.25) is 0 Å². The summed E-state index contributed by atoms with van der Waals surface area (Å²) in [6, 6.07) is 4.08. The van der Waals surface area contributed by atoms with Crippen molar-refractivity contribution in [2.24, 2.45) is 0 Å². The van der Waals surface area contributed by atoms with Crippen LogP contribution in [0.3, 0.4) is 0 Å². The van der Waals surface area contributed by atoms with Crippen LogP contribution in [0.4, 0.5) is 4.39 Å². The molecule has 0 radical (unpaired) electrons. The lowest BCUT2D eigenvalue weighted by Crippen LogP contribution is -2.22. The summed E-state index contributed by atoms with van der Waals surface area (Å²) in [5.74, 6) is -0.724. The molecule has 4 nitrogen and oxygen atoms in total. The van der Waals surface area contributed by atoms with Gasteiger partial charge in [-0.2, -0.15) is 0 Å². The van der Waals surface area contributed by atoms with Gasteiger partial charge in [-0.15, -0.1) is 0 Å². The van der Waals surface area contributed by atoms with E-state index in [0.29, 0.717) is 13.2 Å². The Hall–Kier alpha value is -1.46. The summed E-state index contributed by atoms with van der Waals surface area (Å²) in [6.45, 7) is 6.46. The number of hydrogen-bond acceptors (Lipinski definition) is 4. The van der Waals surface area contributed by atoms with Gasteiger partial charge in [-0.1, -0.05) is 0 Å². The molecule has 0 aliphatic rings. The molecule has 0 N–H and O–H groups in total. The van der Waals surface area contributed by atoms with Crippen LogP contribution in [-0.2, 0) is 9.47 Å². The summed E-state index contributed by atoms with van der Waals surface area (Å²) in [6.07, 6.45) is 0.